The number of rotatable bonds is 7. The largest absolute Gasteiger partial charge is 0.493 e. The van der Waals surface area contributed by atoms with E-state index in [-0.39, 0.29) is 17.2 Å². The number of ether oxygens (including phenoxy) is 2. The van der Waals surface area contributed by atoms with Crippen LogP contribution in [0.2, 0.25) is 0 Å². The lowest BCUT2D eigenvalue weighted by atomic mass is 10.1. The average Bonchev–Trinajstić information content (AvgIpc) is 3.19. The number of hydrogen-bond donors (Lipinski definition) is 1. The molecule has 2 amide bonds. The van der Waals surface area contributed by atoms with E-state index < -0.39 is 6.04 Å². The van der Waals surface area contributed by atoms with Crippen LogP contribution in [0.1, 0.15) is 37.1 Å². The monoisotopic (exact) mass is 421 g/mol. The van der Waals surface area contributed by atoms with Crippen LogP contribution in [0.15, 0.2) is 18.2 Å². The summed E-state index contributed by atoms with van der Waals surface area (Å²) in [6, 6.07) is 5.17. The molecule has 2 heterocycles. The second-order valence-electron chi connectivity index (χ2n) is 7.44. The van der Waals surface area contributed by atoms with Gasteiger partial charge in [0.1, 0.15) is 11.4 Å². The highest BCUT2D eigenvalue weighted by atomic mass is 32.2. The normalized spacial score (nSPS) is 22.4. The first-order chi connectivity index (χ1) is 14.0. The molecule has 2 saturated heterocycles. The molecular weight excluding hydrogens is 390 g/mol. The number of hydrogen-bond acceptors (Lipinski definition) is 6. The maximum atomic E-state index is 12.8. The Hall–Kier alpha value is -1.93. The lowest BCUT2D eigenvalue weighted by Crippen LogP contribution is -2.48. The molecule has 3 rings (SSSR count). The van der Waals surface area contributed by atoms with Gasteiger partial charge in [0.2, 0.25) is 11.8 Å². The number of nitrogens with zero attached hydrogens (tertiary/aromatic N) is 2. The van der Waals surface area contributed by atoms with E-state index in [1.54, 1.807) is 30.9 Å². The molecule has 0 bridgehead atoms. The Kier molecular flexibility index (Phi) is 7.66. The third-order valence-electron chi connectivity index (χ3n) is 5.54. The van der Waals surface area contributed by atoms with Gasteiger partial charge in [-0.2, -0.15) is 0 Å². The molecule has 0 saturated carbocycles. The van der Waals surface area contributed by atoms with Crippen LogP contribution in [0.4, 0.5) is 0 Å². The van der Waals surface area contributed by atoms with Gasteiger partial charge < -0.3 is 24.6 Å². The first kappa shape index (κ1) is 21.8. The summed E-state index contributed by atoms with van der Waals surface area (Å²) in [6.07, 6.45) is 3.77. The molecule has 160 valence electrons. The topological polar surface area (TPSA) is 71.1 Å². The standard InChI is InChI=1S/C21H31N3O4S/c1-15(25)24-17(20(26)22-9-12-23-10-5-4-6-11-23)14-29-21(24)16-7-8-18(27-2)19(13-16)28-3/h7-8,13,17,21H,4-6,9-12,14H2,1-3H3,(H,22,26)/t17-,21-/m1/s1. The zero-order valence-electron chi connectivity index (χ0n) is 17.5. The molecule has 0 aromatic heterocycles. The molecule has 1 aromatic rings. The molecule has 2 aliphatic heterocycles. The predicted octanol–water partition coefficient (Wildman–Crippen LogP) is 2.27. The van der Waals surface area contributed by atoms with E-state index in [9.17, 15) is 9.59 Å². The number of thioether (sulfide) groups is 1. The molecule has 29 heavy (non-hydrogen) atoms. The summed E-state index contributed by atoms with van der Waals surface area (Å²) in [5.41, 5.74) is 0.923. The first-order valence-electron chi connectivity index (χ1n) is 10.2. The van der Waals surface area contributed by atoms with E-state index in [2.05, 4.69) is 10.2 Å². The minimum Gasteiger partial charge on any atom is -0.493 e. The Bertz CT molecular complexity index is 724. The van der Waals surface area contributed by atoms with Crippen molar-refractivity contribution in [2.45, 2.75) is 37.6 Å². The summed E-state index contributed by atoms with van der Waals surface area (Å²) in [7, 11) is 3.18. The molecule has 1 aromatic carbocycles. The number of piperidine rings is 1. The molecule has 0 unspecified atom stereocenters. The summed E-state index contributed by atoms with van der Waals surface area (Å²) in [6.45, 7) is 5.22. The van der Waals surface area contributed by atoms with E-state index >= 15 is 0 Å². The number of likely N-dealkylation sites (tertiary alicyclic amines) is 1. The fourth-order valence-corrected chi connectivity index (χ4v) is 5.47. The molecule has 0 radical (unpaired) electrons. The summed E-state index contributed by atoms with van der Waals surface area (Å²) in [5.74, 6) is 1.65. The van der Waals surface area contributed by atoms with Gasteiger partial charge in [-0.25, -0.2) is 0 Å². The zero-order valence-corrected chi connectivity index (χ0v) is 18.3. The van der Waals surface area contributed by atoms with Crippen LogP contribution in [0.5, 0.6) is 11.5 Å². The van der Waals surface area contributed by atoms with Crippen molar-refractivity contribution in [3.63, 3.8) is 0 Å². The molecule has 7 nitrogen and oxygen atoms in total. The Balaban J connectivity index is 1.64. The number of amides is 2. The van der Waals surface area contributed by atoms with Crippen LogP contribution in [0.25, 0.3) is 0 Å². The van der Waals surface area contributed by atoms with Gasteiger partial charge in [-0.3, -0.25) is 9.59 Å². The Morgan fingerprint density at radius 3 is 2.52 bits per heavy atom. The lowest BCUT2D eigenvalue weighted by Gasteiger charge is -2.29. The van der Waals surface area contributed by atoms with Gasteiger partial charge in [0.05, 0.1) is 14.2 Å². The number of nitrogens with one attached hydrogen (secondary N) is 1. The van der Waals surface area contributed by atoms with Gasteiger partial charge in [0, 0.05) is 25.8 Å². The van der Waals surface area contributed by atoms with Gasteiger partial charge in [-0.1, -0.05) is 12.5 Å². The van der Waals surface area contributed by atoms with Gasteiger partial charge in [-0.15, -0.1) is 11.8 Å². The zero-order chi connectivity index (χ0) is 20.8. The highest BCUT2D eigenvalue weighted by molar-refractivity contribution is 7.99. The van der Waals surface area contributed by atoms with Gasteiger partial charge in [0.15, 0.2) is 11.5 Å². The SMILES string of the molecule is COc1ccc([C@H]2SC[C@H](C(=O)NCCN3CCCCC3)N2C(C)=O)cc1OC. The summed E-state index contributed by atoms with van der Waals surface area (Å²) in [4.78, 5) is 29.3. The van der Waals surface area contributed by atoms with Crippen LogP contribution in [0, 0.1) is 0 Å². The minimum absolute atomic E-state index is 0.0762. The number of benzene rings is 1. The predicted molar refractivity (Wildman–Crippen MR) is 114 cm³/mol. The van der Waals surface area contributed by atoms with Gasteiger partial charge in [0.25, 0.3) is 0 Å². The second kappa shape index (κ2) is 10.2. The van der Waals surface area contributed by atoms with E-state index in [0.717, 1.165) is 25.2 Å². The highest BCUT2D eigenvalue weighted by Gasteiger charge is 2.41. The summed E-state index contributed by atoms with van der Waals surface area (Å²) < 4.78 is 10.7. The smallest absolute Gasteiger partial charge is 0.243 e. The lowest BCUT2D eigenvalue weighted by molar-refractivity contribution is -0.138. The maximum Gasteiger partial charge on any atom is 0.243 e. The second-order valence-corrected chi connectivity index (χ2v) is 8.55. The van der Waals surface area contributed by atoms with Crippen molar-refractivity contribution in [2.24, 2.45) is 0 Å². The van der Waals surface area contributed by atoms with Crippen molar-refractivity contribution < 1.29 is 19.1 Å². The van der Waals surface area contributed by atoms with Gasteiger partial charge >= 0.3 is 0 Å². The fraction of sp³-hybridized carbons (Fsp3) is 0.619. The maximum absolute atomic E-state index is 12.8. The molecule has 0 aliphatic carbocycles. The molecule has 2 fully saturated rings. The fourth-order valence-electron chi connectivity index (χ4n) is 3.99. The molecule has 8 heteroatoms. The molecular formula is C21H31N3O4S. The van der Waals surface area contributed by atoms with Crippen molar-refractivity contribution in [2.75, 3.05) is 46.2 Å². The molecule has 2 atom stereocenters. The third-order valence-corrected chi connectivity index (χ3v) is 6.86. The Morgan fingerprint density at radius 1 is 1.14 bits per heavy atom. The Labute approximate surface area is 177 Å². The van der Waals surface area contributed by atoms with Crippen molar-refractivity contribution in [1.82, 2.24) is 15.1 Å². The molecule has 2 aliphatic rings. The van der Waals surface area contributed by atoms with Crippen LogP contribution in [0.3, 0.4) is 0 Å². The number of methoxy groups -OCH3 is 2. The van der Waals surface area contributed by atoms with Crippen LogP contribution in [-0.2, 0) is 9.59 Å². The molecule has 0 spiro atoms. The van der Waals surface area contributed by atoms with Gasteiger partial charge in [-0.05, 0) is 43.6 Å². The number of carbonyl (C=O) groups excluding carboxylic acids is 2. The summed E-state index contributed by atoms with van der Waals surface area (Å²) in [5, 5.41) is 2.82. The average molecular weight is 422 g/mol. The quantitative estimate of drug-likeness (QED) is 0.728. The van der Waals surface area contributed by atoms with Crippen molar-refractivity contribution in [3.8, 4) is 11.5 Å². The van der Waals surface area contributed by atoms with Crippen molar-refractivity contribution >= 4 is 23.6 Å². The first-order valence-corrected chi connectivity index (χ1v) is 11.2. The number of carbonyl (C=O) groups is 2. The summed E-state index contributed by atoms with van der Waals surface area (Å²) >= 11 is 1.60. The van der Waals surface area contributed by atoms with E-state index in [4.69, 9.17) is 9.47 Å². The van der Waals surface area contributed by atoms with E-state index in [0.29, 0.717) is 23.8 Å². The highest BCUT2D eigenvalue weighted by Crippen LogP contribution is 2.43. The van der Waals surface area contributed by atoms with Crippen LogP contribution >= 0.6 is 11.8 Å². The van der Waals surface area contributed by atoms with Crippen molar-refractivity contribution in [1.29, 1.82) is 0 Å². The van der Waals surface area contributed by atoms with Crippen LogP contribution in [-0.4, -0.2) is 73.8 Å². The third kappa shape index (κ3) is 5.17. The minimum atomic E-state index is -0.461. The molecule has 1 N–H and O–H groups in total. The Morgan fingerprint density at radius 2 is 1.86 bits per heavy atom. The van der Waals surface area contributed by atoms with E-state index in [1.165, 1.54) is 26.2 Å². The van der Waals surface area contributed by atoms with Crippen LogP contribution < -0.4 is 14.8 Å². The van der Waals surface area contributed by atoms with E-state index in [1.807, 2.05) is 18.2 Å². The van der Waals surface area contributed by atoms with Crippen molar-refractivity contribution in [3.05, 3.63) is 23.8 Å².